The van der Waals surface area contributed by atoms with Crippen molar-refractivity contribution in [1.29, 1.82) is 0 Å². The van der Waals surface area contributed by atoms with Crippen LogP contribution in [0.15, 0.2) is 15.3 Å². The van der Waals surface area contributed by atoms with Crippen molar-refractivity contribution in [2.75, 3.05) is 0 Å². The predicted molar refractivity (Wildman–Crippen MR) is 66.7 cm³/mol. The molecule has 1 atom stereocenters. The first-order valence-corrected chi connectivity index (χ1v) is 5.95. The molecule has 1 amide bonds. The number of pyridine rings is 1. The molecule has 1 aromatic rings. The molecule has 0 fully saturated rings. The van der Waals surface area contributed by atoms with E-state index >= 15 is 0 Å². The Bertz CT molecular complexity index is 454. The van der Waals surface area contributed by atoms with Crippen molar-refractivity contribution >= 4 is 21.8 Å². The smallest absolute Gasteiger partial charge is 0.261 e. The monoisotopic (exact) mass is 286 g/mol. The zero-order valence-corrected chi connectivity index (χ0v) is 11.1. The number of halogens is 1. The highest BCUT2D eigenvalue weighted by atomic mass is 79.9. The van der Waals surface area contributed by atoms with E-state index in [2.05, 4.69) is 26.2 Å². The summed E-state index contributed by atoms with van der Waals surface area (Å²) in [6.45, 7) is 5.64. The average molecular weight is 287 g/mol. The van der Waals surface area contributed by atoms with Crippen molar-refractivity contribution in [3.63, 3.8) is 0 Å². The van der Waals surface area contributed by atoms with Crippen LogP contribution in [0.4, 0.5) is 0 Å². The van der Waals surface area contributed by atoms with Gasteiger partial charge in [0.05, 0.1) is 0 Å². The Morgan fingerprint density at radius 2 is 2.25 bits per heavy atom. The van der Waals surface area contributed by atoms with Crippen LogP contribution in [0.2, 0.25) is 0 Å². The average Bonchev–Trinajstić information content (AvgIpc) is 2.23. The maximum Gasteiger partial charge on any atom is 0.261 e. The van der Waals surface area contributed by atoms with Gasteiger partial charge < -0.3 is 10.3 Å². The molecular weight excluding hydrogens is 272 g/mol. The van der Waals surface area contributed by atoms with E-state index in [1.807, 2.05) is 13.8 Å². The molecule has 0 bridgehead atoms. The van der Waals surface area contributed by atoms with Gasteiger partial charge in [0.15, 0.2) is 0 Å². The van der Waals surface area contributed by atoms with Crippen molar-refractivity contribution in [2.45, 2.75) is 33.2 Å². The summed E-state index contributed by atoms with van der Waals surface area (Å²) in [6.07, 6.45) is 0.830. The van der Waals surface area contributed by atoms with E-state index in [4.69, 9.17) is 0 Å². The van der Waals surface area contributed by atoms with Crippen molar-refractivity contribution in [3.05, 3.63) is 32.2 Å². The molecule has 0 aromatic carbocycles. The van der Waals surface area contributed by atoms with Crippen LogP contribution in [0.3, 0.4) is 0 Å². The molecule has 0 aliphatic heterocycles. The molecule has 4 nitrogen and oxygen atoms in total. The standard InChI is InChI=1S/C11H15BrN2O2/c1-4-6(2)13-10(15)8-5-9(12)7(3)14-11(8)16/h5-6H,4H2,1-3H3,(H,13,15)(H,14,16)/t6-/m0/s1. The lowest BCUT2D eigenvalue weighted by molar-refractivity contribution is 0.0937. The fraction of sp³-hybridized carbons (Fsp3) is 0.455. The molecule has 5 heteroatoms. The second-order valence-corrected chi connectivity index (χ2v) is 4.62. The van der Waals surface area contributed by atoms with Crippen LogP contribution in [0.5, 0.6) is 0 Å². The van der Waals surface area contributed by atoms with Gasteiger partial charge in [-0.3, -0.25) is 9.59 Å². The molecule has 1 rings (SSSR count). The van der Waals surface area contributed by atoms with E-state index in [9.17, 15) is 9.59 Å². The maximum atomic E-state index is 11.7. The Labute approximate surface area is 103 Å². The van der Waals surface area contributed by atoms with Gasteiger partial charge >= 0.3 is 0 Å². The molecule has 0 saturated heterocycles. The molecule has 0 aliphatic rings. The van der Waals surface area contributed by atoms with Crippen LogP contribution in [0.25, 0.3) is 0 Å². The summed E-state index contributed by atoms with van der Waals surface area (Å²) in [5.74, 6) is -0.337. The Balaban J connectivity index is 3.01. The number of carbonyl (C=O) groups excluding carboxylic acids is 1. The van der Waals surface area contributed by atoms with Crippen molar-refractivity contribution in [3.8, 4) is 0 Å². The lowest BCUT2D eigenvalue weighted by Gasteiger charge is -2.11. The number of amides is 1. The highest BCUT2D eigenvalue weighted by Crippen LogP contribution is 2.12. The van der Waals surface area contributed by atoms with E-state index in [0.717, 1.165) is 10.9 Å². The first-order chi connectivity index (χ1) is 7.45. The van der Waals surface area contributed by atoms with Gasteiger partial charge in [-0.25, -0.2) is 0 Å². The van der Waals surface area contributed by atoms with E-state index < -0.39 is 0 Å². The summed E-state index contributed by atoms with van der Waals surface area (Å²) < 4.78 is 0.724. The Hall–Kier alpha value is -1.10. The van der Waals surface area contributed by atoms with Gasteiger partial charge in [0.25, 0.3) is 11.5 Å². The van der Waals surface area contributed by atoms with Gasteiger partial charge in [-0.2, -0.15) is 0 Å². The minimum atomic E-state index is -0.360. The first-order valence-electron chi connectivity index (χ1n) is 5.16. The van der Waals surface area contributed by atoms with Crippen LogP contribution in [-0.4, -0.2) is 16.9 Å². The fourth-order valence-corrected chi connectivity index (χ4v) is 1.50. The summed E-state index contributed by atoms with van der Waals surface area (Å²) in [7, 11) is 0. The number of aromatic nitrogens is 1. The largest absolute Gasteiger partial charge is 0.349 e. The van der Waals surface area contributed by atoms with Crippen LogP contribution >= 0.6 is 15.9 Å². The highest BCUT2D eigenvalue weighted by Gasteiger charge is 2.13. The van der Waals surface area contributed by atoms with Gasteiger partial charge in [-0.1, -0.05) is 6.92 Å². The molecule has 0 radical (unpaired) electrons. The molecule has 0 saturated carbocycles. The highest BCUT2D eigenvalue weighted by molar-refractivity contribution is 9.10. The Morgan fingerprint density at radius 3 is 2.81 bits per heavy atom. The van der Waals surface area contributed by atoms with Gasteiger partial charge in [-0.05, 0) is 42.3 Å². The first kappa shape index (κ1) is 13.0. The molecule has 88 valence electrons. The summed E-state index contributed by atoms with van der Waals surface area (Å²) >= 11 is 3.28. The number of hydrogen-bond donors (Lipinski definition) is 2. The number of carbonyl (C=O) groups is 1. The van der Waals surface area contributed by atoms with Crippen LogP contribution in [0, 0.1) is 6.92 Å². The molecular formula is C11H15BrN2O2. The maximum absolute atomic E-state index is 11.7. The quantitative estimate of drug-likeness (QED) is 0.893. The number of H-pyrrole nitrogens is 1. The SMILES string of the molecule is CC[C@H](C)NC(=O)c1cc(Br)c(C)[nH]c1=O. The van der Waals surface area contributed by atoms with Crippen molar-refractivity contribution in [2.24, 2.45) is 0 Å². The fourth-order valence-electron chi connectivity index (χ4n) is 1.17. The third-order valence-corrected chi connectivity index (χ3v) is 3.23. The molecule has 2 N–H and O–H groups in total. The van der Waals surface area contributed by atoms with E-state index in [0.29, 0.717) is 5.69 Å². The molecule has 1 aromatic heterocycles. The van der Waals surface area contributed by atoms with Gasteiger partial charge in [0, 0.05) is 16.2 Å². The van der Waals surface area contributed by atoms with Crippen molar-refractivity contribution < 1.29 is 4.79 Å². The van der Waals surface area contributed by atoms with Crippen LogP contribution < -0.4 is 10.9 Å². The zero-order chi connectivity index (χ0) is 12.3. The Kier molecular flexibility index (Phi) is 4.29. The topological polar surface area (TPSA) is 62.0 Å². The number of nitrogens with one attached hydrogen (secondary N) is 2. The summed E-state index contributed by atoms with van der Waals surface area (Å²) in [5, 5.41) is 2.75. The third kappa shape index (κ3) is 2.95. The molecule has 0 spiro atoms. The second-order valence-electron chi connectivity index (χ2n) is 3.77. The lowest BCUT2D eigenvalue weighted by atomic mass is 10.2. The summed E-state index contributed by atoms with van der Waals surface area (Å²) in [6, 6.07) is 1.61. The Morgan fingerprint density at radius 1 is 1.62 bits per heavy atom. The number of rotatable bonds is 3. The van der Waals surface area contributed by atoms with Crippen molar-refractivity contribution in [1.82, 2.24) is 10.3 Å². The third-order valence-electron chi connectivity index (χ3n) is 2.41. The summed E-state index contributed by atoms with van der Waals surface area (Å²) in [4.78, 5) is 25.9. The lowest BCUT2D eigenvalue weighted by Crippen LogP contribution is -2.35. The number of aromatic amines is 1. The minimum Gasteiger partial charge on any atom is -0.349 e. The molecule has 0 aliphatic carbocycles. The van der Waals surface area contributed by atoms with Crippen LogP contribution in [0.1, 0.15) is 36.3 Å². The predicted octanol–water partition coefficient (Wildman–Crippen LogP) is 1.97. The molecule has 16 heavy (non-hydrogen) atoms. The summed E-state index contributed by atoms with van der Waals surface area (Å²) in [5.41, 5.74) is 0.490. The molecule has 0 unspecified atom stereocenters. The van der Waals surface area contributed by atoms with Gasteiger partial charge in [0.1, 0.15) is 5.56 Å². The minimum absolute atomic E-state index is 0.0620. The second kappa shape index (κ2) is 5.30. The van der Waals surface area contributed by atoms with Gasteiger partial charge in [0.2, 0.25) is 0 Å². The van der Waals surface area contributed by atoms with Gasteiger partial charge in [-0.15, -0.1) is 0 Å². The zero-order valence-electron chi connectivity index (χ0n) is 9.56. The molecule has 1 heterocycles. The van der Waals surface area contributed by atoms with E-state index in [-0.39, 0.29) is 23.1 Å². The number of aryl methyl sites for hydroxylation is 1. The normalized spacial score (nSPS) is 12.2. The number of hydrogen-bond acceptors (Lipinski definition) is 2. The van der Waals surface area contributed by atoms with Crippen LogP contribution in [-0.2, 0) is 0 Å². The van der Waals surface area contributed by atoms with E-state index in [1.54, 1.807) is 13.0 Å². The van der Waals surface area contributed by atoms with E-state index in [1.165, 1.54) is 0 Å².